The van der Waals surface area contributed by atoms with Crippen LogP contribution in [-0.4, -0.2) is 31.7 Å². The van der Waals surface area contributed by atoms with Gasteiger partial charge in [0.05, 0.1) is 0 Å². The highest BCUT2D eigenvalue weighted by Crippen LogP contribution is 2.39. The Morgan fingerprint density at radius 3 is 1.89 bits per heavy atom. The van der Waals surface area contributed by atoms with E-state index in [0.29, 0.717) is 11.3 Å². The number of hydrogen-bond donors (Lipinski definition) is 1. The third kappa shape index (κ3) is 7.55. The topological polar surface area (TPSA) is 64.6 Å². The van der Waals surface area contributed by atoms with Crippen LogP contribution < -0.4 is 10.1 Å². The van der Waals surface area contributed by atoms with Gasteiger partial charge in [0.25, 0.3) is 5.91 Å². The molecule has 5 nitrogen and oxygen atoms in total. The number of para-hydroxylation sites is 1. The molecular formula is C28H33NO4SSi. The van der Waals surface area contributed by atoms with Crippen molar-refractivity contribution < 1.29 is 18.8 Å². The van der Waals surface area contributed by atoms with Gasteiger partial charge in [-0.2, -0.15) is 0 Å². The van der Waals surface area contributed by atoms with Gasteiger partial charge in [0.2, 0.25) is 0 Å². The van der Waals surface area contributed by atoms with Gasteiger partial charge in [-0.25, -0.2) is 4.79 Å². The van der Waals surface area contributed by atoms with Crippen LogP contribution in [0, 0.1) is 0 Å². The summed E-state index contributed by atoms with van der Waals surface area (Å²) >= 11 is 1.37. The van der Waals surface area contributed by atoms with Crippen LogP contribution in [0.1, 0.15) is 31.1 Å². The average molecular weight is 508 g/mol. The summed E-state index contributed by atoms with van der Waals surface area (Å²) < 4.78 is 12.4. The number of amides is 1. The number of carbonyl (C=O) groups is 2. The highest BCUT2D eigenvalue weighted by molar-refractivity contribution is 8.00. The number of thioether (sulfide) groups is 1. The van der Waals surface area contributed by atoms with E-state index in [-0.39, 0.29) is 10.9 Å². The van der Waals surface area contributed by atoms with E-state index in [4.69, 9.17) is 9.16 Å². The number of rotatable bonds is 9. The quantitative estimate of drug-likeness (QED) is 0.117. The van der Waals surface area contributed by atoms with Gasteiger partial charge in [-0.3, -0.25) is 4.79 Å². The Morgan fingerprint density at radius 1 is 0.829 bits per heavy atom. The van der Waals surface area contributed by atoms with E-state index < -0.39 is 25.8 Å². The normalized spacial score (nSPS) is 13.5. The van der Waals surface area contributed by atoms with Gasteiger partial charge >= 0.3 is 5.97 Å². The monoisotopic (exact) mass is 507 g/mol. The Hall–Kier alpha value is -2.87. The molecule has 35 heavy (non-hydrogen) atoms. The second-order valence-electron chi connectivity index (χ2n) is 9.72. The van der Waals surface area contributed by atoms with E-state index >= 15 is 0 Å². The molecule has 184 valence electrons. The zero-order valence-corrected chi connectivity index (χ0v) is 22.7. The van der Waals surface area contributed by atoms with Gasteiger partial charge in [0, 0.05) is 10.5 Å². The number of nitrogens with one attached hydrogen (secondary N) is 1. The van der Waals surface area contributed by atoms with Crippen LogP contribution >= 0.6 is 11.8 Å². The van der Waals surface area contributed by atoms with Crippen LogP contribution in [0.15, 0.2) is 95.9 Å². The fraction of sp³-hybridized carbons (Fsp3) is 0.286. The Balaban J connectivity index is 1.98. The molecule has 3 rings (SSSR count). The first kappa shape index (κ1) is 26.7. The first-order chi connectivity index (χ1) is 16.6. The molecule has 0 aliphatic heterocycles. The van der Waals surface area contributed by atoms with Crippen molar-refractivity contribution in [3.8, 4) is 5.75 Å². The van der Waals surface area contributed by atoms with E-state index in [0.717, 1.165) is 4.90 Å². The zero-order chi connectivity index (χ0) is 25.5. The molecular weight excluding hydrogens is 474 g/mol. The van der Waals surface area contributed by atoms with Crippen molar-refractivity contribution in [1.82, 2.24) is 5.32 Å². The van der Waals surface area contributed by atoms with Crippen molar-refractivity contribution >= 4 is 32.0 Å². The number of hydrogen-bond acceptors (Lipinski definition) is 5. The standard InChI is InChI=1S/C28H33NO4SSi/c1-28(2,3)35(4,5)33-24(27(31)32-22-17-11-7-12-18-22)26(34-23-19-13-8-14-20-23)29-25(30)21-15-9-6-10-16-21/h6-20,24,26H,1-5H3,(H,29,30). The lowest BCUT2D eigenvalue weighted by atomic mass is 10.2. The van der Waals surface area contributed by atoms with E-state index in [9.17, 15) is 9.59 Å². The summed E-state index contributed by atoms with van der Waals surface area (Å²) in [5, 5.41) is 2.18. The summed E-state index contributed by atoms with van der Waals surface area (Å²) in [5.41, 5.74) is 0.508. The summed E-state index contributed by atoms with van der Waals surface area (Å²) in [6.07, 6.45) is -1.02. The molecule has 0 aromatic heterocycles. The average Bonchev–Trinajstić information content (AvgIpc) is 2.83. The maximum Gasteiger partial charge on any atom is 0.342 e. The predicted molar refractivity (Wildman–Crippen MR) is 144 cm³/mol. The van der Waals surface area contributed by atoms with Crippen LogP contribution in [0.2, 0.25) is 18.1 Å². The molecule has 3 aromatic carbocycles. The SMILES string of the molecule is CC(C)(C)[Si](C)(C)OC(C(=O)Oc1ccccc1)C(NC(=O)c1ccccc1)Sc1ccccc1. The largest absolute Gasteiger partial charge is 0.425 e. The second-order valence-corrected chi connectivity index (χ2v) is 15.7. The first-order valence-corrected chi connectivity index (χ1v) is 15.4. The molecule has 2 unspecified atom stereocenters. The highest BCUT2D eigenvalue weighted by atomic mass is 32.2. The lowest BCUT2D eigenvalue weighted by Crippen LogP contribution is -2.54. The smallest absolute Gasteiger partial charge is 0.342 e. The third-order valence-electron chi connectivity index (χ3n) is 6.01. The van der Waals surface area contributed by atoms with Gasteiger partial charge in [-0.05, 0) is 54.5 Å². The molecule has 0 aliphatic rings. The molecule has 0 radical (unpaired) electrons. The minimum atomic E-state index is -2.42. The fourth-order valence-corrected chi connectivity index (χ4v) is 5.39. The number of esters is 1. The number of ether oxygens (including phenoxy) is 1. The highest BCUT2D eigenvalue weighted by Gasteiger charge is 2.44. The van der Waals surface area contributed by atoms with Gasteiger partial charge in [0.15, 0.2) is 14.4 Å². The lowest BCUT2D eigenvalue weighted by Gasteiger charge is -2.40. The Bertz CT molecular complexity index is 1100. The molecule has 0 fully saturated rings. The van der Waals surface area contributed by atoms with Crippen molar-refractivity contribution in [1.29, 1.82) is 0 Å². The van der Waals surface area contributed by atoms with Gasteiger partial charge < -0.3 is 14.5 Å². The lowest BCUT2D eigenvalue weighted by molar-refractivity contribution is -0.143. The summed E-state index contributed by atoms with van der Waals surface area (Å²) in [7, 11) is -2.42. The van der Waals surface area contributed by atoms with Crippen LogP contribution in [0.3, 0.4) is 0 Å². The van der Waals surface area contributed by atoms with E-state index in [2.05, 4.69) is 39.2 Å². The Labute approximate surface area is 213 Å². The van der Waals surface area contributed by atoms with Gasteiger partial charge in [-0.15, -0.1) is 0 Å². The van der Waals surface area contributed by atoms with Crippen LogP contribution in [0.25, 0.3) is 0 Å². The van der Waals surface area contributed by atoms with E-state index in [1.165, 1.54) is 11.8 Å². The molecule has 2 atom stereocenters. The minimum Gasteiger partial charge on any atom is -0.425 e. The second kappa shape index (κ2) is 11.7. The summed E-state index contributed by atoms with van der Waals surface area (Å²) in [4.78, 5) is 27.7. The molecule has 1 amide bonds. The third-order valence-corrected chi connectivity index (χ3v) is 11.6. The maximum atomic E-state index is 13.6. The molecule has 7 heteroatoms. The predicted octanol–water partition coefficient (Wildman–Crippen LogP) is 6.53. The Morgan fingerprint density at radius 2 is 1.34 bits per heavy atom. The summed E-state index contributed by atoms with van der Waals surface area (Å²) in [6.45, 7) is 10.5. The van der Waals surface area contributed by atoms with Crippen molar-refractivity contribution in [3.05, 3.63) is 96.6 Å². The zero-order valence-electron chi connectivity index (χ0n) is 20.9. The number of carbonyl (C=O) groups excluding carboxylic acids is 2. The maximum absolute atomic E-state index is 13.6. The number of benzene rings is 3. The van der Waals surface area contributed by atoms with Crippen molar-refractivity contribution in [2.45, 2.75) is 55.3 Å². The molecule has 0 bridgehead atoms. The molecule has 0 saturated carbocycles. The van der Waals surface area contributed by atoms with Gasteiger partial charge in [0.1, 0.15) is 11.1 Å². The molecule has 3 aromatic rings. The van der Waals surface area contributed by atoms with Crippen LogP contribution in [0.4, 0.5) is 0 Å². The molecule has 0 heterocycles. The Kier molecular flexibility index (Phi) is 8.94. The van der Waals surface area contributed by atoms with Crippen molar-refractivity contribution in [3.63, 3.8) is 0 Å². The van der Waals surface area contributed by atoms with Crippen molar-refractivity contribution in [2.75, 3.05) is 0 Å². The molecule has 0 saturated heterocycles. The van der Waals surface area contributed by atoms with Gasteiger partial charge in [-0.1, -0.05) is 87.1 Å². The van der Waals surface area contributed by atoms with E-state index in [1.54, 1.807) is 36.4 Å². The van der Waals surface area contributed by atoms with Crippen LogP contribution in [0.5, 0.6) is 5.75 Å². The summed E-state index contributed by atoms with van der Waals surface area (Å²) in [6, 6.07) is 27.5. The molecule has 0 spiro atoms. The van der Waals surface area contributed by atoms with E-state index in [1.807, 2.05) is 54.6 Å². The van der Waals surface area contributed by atoms with Crippen LogP contribution in [-0.2, 0) is 9.22 Å². The molecule has 1 N–H and O–H groups in total. The van der Waals surface area contributed by atoms with Crippen molar-refractivity contribution in [2.24, 2.45) is 0 Å². The first-order valence-electron chi connectivity index (χ1n) is 11.6. The minimum absolute atomic E-state index is 0.149. The molecule has 0 aliphatic carbocycles. The summed E-state index contributed by atoms with van der Waals surface area (Å²) in [5.74, 6) is -0.391. The fourth-order valence-electron chi connectivity index (χ4n) is 3.01.